The van der Waals surface area contributed by atoms with Gasteiger partial charge in [0.1, 0.15) is 0 Å². The standard InChI is InChI=1S/C28H29N5O/c1-2-27(34)33-18-9-5-3-4-8-17-32-20-24(23-13-6-7-14-26(23)32)25-15-16-29-28(31-25)30-21-11-10-12-22(33)19-21/h2,6-7,10-16,19-20H,1,3-5,8-9,17-18H2,(H,29,30,31). The van der Waals surface area contributed by atoms with Crippen LogP contribution in [0.2, 0.25) is 0 Å². The van der Waals surface area contributed by atoms with Crippen LogP contribution < -0.4 is 10.2 Å². The fourth-order valence-electron chi connectivity index (χ4n) is 4.64. The number of aromatic nitrogens is 3. The molecule has 3 heterocycles. The highest BCUT2D eigenvalue weighted by molar-refractivity contribution is 6.01. The highest BCUT2D eigenvalue weighted by Crippen LogP contribution is 2.31. The van der Waals surface area contributed by atoms with E-state index >= 15 is 0 Å². The minimum absolute atomic E-state index is 0.0844. The highest BCUT2D eigenvalue weighted by atomic mass is 16.2. The Kier molecular flexibility index (Phi) is 6.38. The number of carbonyl (C=O) groups excluding carboxylic acids is 1. The first-order chi connectivity index (χ1) is 16.7. The number of aryl methyl sites for hydroxylation is 1. The lowest BCUT2D eigenvalue weighted by molar-refractivity contribution is -0.114. The lowest BCUT2D eigenvalue weighted by atomic mass is 10.1. The zero-order valence-electron chi connectivity index (χ0n) is 19.3. The summed E-state index contributed by atoms with van der Waals surface area (Å²) in [6, 6.07) is 18.3. The number of para-hydroxylation sites is 1. The largest absolute Gasteiger partial charge is 0.347 e. The van der Waals surface area contributed by atoms with E-state index in [9.17, 15) is 4.79 Å². The van der Waals surface area contributed by atoms with Gasteiger partial charge in [-0.25, -0.2) is 9.97 Å². The quantitative estimate of drug-likeness (QED) is 0.344. The van der Waals surface area contributed by atoms with Crippen molar-refractivity contribution in [3.8, 4) is 11.3 Å². The molecule has 0 saturated heterocycles. The van der Waals surface area contributed by atoms with Crippen LogP contribution >= 0.6 is 0 Å². The monoisotopic (exact) mass is 451 g/mol. The molecule has 0 aliphatic carbocycles. The van der Waals surface area contributed by atoms with Crippen LogP contribution in [0.25, 0.3) is 22.2 Å². The molecule has 34 heavy (non-hydrogen) atoms. The molecule has 2 aromatic carbocycles. The van der Waals surface area contributed by atoms with Gasteiger partial charge in [0, 0.05) is 53.3 Å². The summed E-state index contributed by atoms with van der Waals surface area (Å²) < 4.78 is 2.34. The molecular weight excluding hydrogens is 422 g/mol. The van der Waals surface area contributed by atoms with Crippen molar-refractivity contribution in [1.29, 1.82) is 0 Å². The van der Waals surface area contributed by atoms with Crippen LogP contribution in [0.5, 0.6) is 0 Å². The number of nitrogens with one attached hydrogen (secondary N) is 1. The molecule has 0 unspecified atom stereocenters. The van der Waals surface area contributed by atoms with Gasteiger partial charge in [-0.15, -0.1) is 0 Å². The number of benzene rings is 2. The van der Waals surface area contributed by atoms with Crippen molar-refractivity contribution in [2.45, 2.75) is 38.6 Å². The van der Waals surface area contributed by atoms with Gasteiger partial charge in [0.05, 0.1) is 5.69 Å². The van der Waals surface area contributed by atoms with Gasteiger partial charge in [-0.2, -0.15) is 0 Å². The summed E-state index contributed by atoms with van der Waals surface area (Å²) in [5.74, 6) is 0.438. The second kappa shape index (κ2) is 9.91. The van der Waals surface area contributed by atoms with E-state index in [2.05, 4.69) is 51.9 Å². The Hall–Kier alpha value is -3.93. The number of hydrogen-bond acceptors (Lipinski definition) is 4. The molecule has 6 nitrogen and oxygen atoms in total. The Morgan fingerprint density at radius 1 is 0.971 bits per heavy atom. The molecule has 1 aliphatic heterocycles. The molecule has 6 bridgehead atoms. The number of anilines is 3. The molecule has 5 rings (SSSR count). The molecule has 0 spiro atoms. The van der Waals surface area contributed by atoms with Gasteiger partial charge in [0.25, 0.3) is 0 Å². The summed E-state index contributed by atoms with van der Waals surface area (Å²) in [7, 11) is 0. The summed E-state index contributed by atoms with van der Waals surface area (Å²) in [5, 5.41) is 4.52. The minimum atomic E-state index is -0.0844. The normalized spacial score (nSPS) is 14.6. The van der Waals surface area contributed by atoms with Crippen LogP contribution in [0.4, 0.5) is 17.3 Å². The summed E-state index contributed by atoms with van der Waals surface area (Å²) in [5.41, 5.74) is 4.90. The Morgan fingerprint density at radius 2 is 1.79 bits per heavy atom. The molecule has 1 amide bonds. The maximum atomic E-state index is 12.6. The third-order valence-electron chi connectivity index (χ3n) is 6.36. The highest BCUT2D eigenvalue weighted by Gasteiger charge is 2.15. The average Bonchev–Trinajstić information content (AvgIpc) is 3.24. The molecule has 0 radical (unpaired) electrons. The van der Waals surface area contributed by atoms with E-state index in [1.165, 1.54) is 17.0 Å². The van der Waals surface area contributed by atoms with Gasteiger partial charge in [0.2, 0.25) is 11.9 Å². The zero-order valence-corrected chi connectivity index (χ0v) is 19.3. The third-order valence-corrected chi connectivity index (χ3v) is 6.36. The van der Waals surface area contributed by atoms with Crippen LogP contribution in [0, 0.1) is 0 Å². The van der Waals surface area contributed by atoms with Crippen molar-refractivity contribution in [3.05, 3.63) is 79.6 Å². The van der Waals surface area contributed by atoms with Crippen LogP contribution in [0.3, 0.4) is 0 Å². The summed E-state index contributed by atoms with van der Waals surface area (Å²) in [4.78, 5) is 23.6. The van der Waals surface area contributed by atoms with E-state index in [1.807, 2.05) is 30.3 Å². The summed E-state index contributed by atoms with van der Waals surface area (Å²) in [6.45, 7) is 5.34. The van der Waals surface area contributed by atoms with Crippen LogP contribution in [-0.2, 0) is 11.3 Å². The number of amides is 1. The predicted molar refractivity (Wildman–Crippen MR) is 138 cm³/mol. The van der Waals surface area contributed by atoms with E-state index in [0.717, 1.165) is 61.3 Å². The predicted octanol–water partition coefficient (Wildman–Crippen LogP) is 6.33. The maximum Gasteiger partial charge on any atom is 0.250 e. The van der Waals surface area contributed by atoms with E-state index in [4.69, 9.17) is 4.98 Å². The molecule has 4 aromatic rings. The van der Waals surface area contributed by atoms with E-state index in [0.29, 0.717) is 12.5 Å². The Balaban J connectivity index is 1.55. The SMILES string of the molecule is C=CC(=O)N1CCCCCCCn2cc(c3ccccc32)-c2ccnc(n2)Nc2cccc1c2. The first-order valence-electron chi connectivity index (χ1n) is 12.0. The molecule has 2 aromatic heterocycles. The lowest BCUT2D eigenvalue weighted by Gasteiger charge is -2.22. The smallest absolute Gasteiger partial charge is 0.250 e. The van der Waals surface area contributed by atoms with Gasteiger partial charge >= 0.3 is 0 Å². The molecule has 0 fully saturated rings. The second-order valence-corrected chi connectivity index (χ2v) is 8.66. The maximum absolute atomic E-state index is 12.6. The fourth-order valence-corrected chi connectivity index (χ4v) is 4.64. The molecule has 1 N–H and O–H groups in total. The van der Waals surface area contributed by atoms with Crippen LogP contribution in [0.1, 0.15) is 32.1 Å². The minimum Gasteiger partial charge on any atom is -0.347 e. The van der Waals surface area contributed by atoms with Crippen LogP contribution in [-0.4, -0.2) is 27.0 Å². The van der Waals surface area contributed by atoms with E-state index in [1.54, 1.807) is 11.1 Å². The van der Waals surface area contributed by atoms with Crippen molar-refractivity contribution >= 4 is 34.1 Å². The Bertz CT molecular complexity index is 1330. The topological polar surface area (TPSA) is 63.1 Å². The zero-order chi connectivity index (χ0) is 23.3. The van der Waals surface area contributed by atoms with Crippen molar-refractivity contribution < 1.29 is 4.79 Å². The fraction of sp³-hybridized carbons (Fsp3) is 0.250. The van der Waals surface area contributed by atoms with Gasteiger partial charge < -0.3 is 14.8 Å². The number of hydrogen-bond donors (Lipinski definition) is 1. The Morgan fingerprint density at radius 3 is 2.68 bits per heavy atom. The van der Waals surface area contributed by atoms with Crippen molar-refractivity contribution in [2.24, 2.45) is 0 Å². The Labute approximate surface area is 200 Å². The van der Waals surface area contributed by atoms with Crippen LogP contribution in [0.15, 0.2) is 79.6 Å². The number of rotatable bonds is 1. The third kappa shape index (κ3) is 4.57. The lowest BCUT2D eigenvalue weighted by Crippen LogP contribution is -2.30. The number of fused-ring (bicyclic) bond motifs is 10. The molecule has 6 heteroatoms. The van der Waals surface area contributed by atoms with Gasteiger partial charge in [-0.1, -0.05) is 50.1 Å². The number of carbonyl (C=O) groups is 1. The summed E-state index contributed by atoms with van der Waals surface area (Å²) in [6.07, 6.45) is 10.9. The van der Waals surface area contributed by atoms with E-state index < -0.39 is 0 Å². The van der Waals surface area contributed by atoms with Crippen molar-refractivity contribution in [2.75, 3.05) is 16.8 Å². The first kappa shape index (κ1) is 21.9. The molecule has 0 atom stereocenters. The van der Waals surface area contributed by atoms with E-state index in [-0.39, 0.29) is 5.91 Å². The van der Waals surface area contributed by atoms with Crippen molar-refractivity contribution in [3.63, 3.8) is 0 Å². The number of nitrogens with zero attached hydrogens (tertiary/aromatic N) is 4. The van der Waals surface area contributed by atoms with Gasteiger partial charge in [-0.05, 0) is 49.2 Å². The molecular formula is C28H29N5O. The van der Waals surface area contributed by atoms with Gasteiger partial charge in [0.15, 0.2) is 0 Å². The summed E-state index contributed by atoms with van der Waals surface area (Å²) >= 11 is 0. The van der Waals surface area contributed by atoms with Gasteiger partial charge in [-0.3, -0.25) is 4.79 Å². The average molecular weight is 452 g/mol. The first-order valence-corrected chi connectivity index (χ1v) is 12.0. The van der Waals surface area contributed by atoms with Crippen molar-refractivity contribution in [1.82, 2.24) is 14.5 Å². The molecule has 0 saturated carbocycles. The second-order valence-electron chi connectivity index (χ2n) is 8.66. The molecule has 1 aliphatic rings. The molecule has 172 valence electrons.